The zero-order valence-corrected chi connectivity index (χ0v) is 8.36. The molecule has 0 aromatic rings. The molecule has 4 nitrogen and oxygen atoms in total. The molecule has 0 amide bonds. The van der Waals surface area contributed by atoms with Gasteiger partial charge in [-0.05, 0) is 25.2 Å². The molecule has 2 rings (SSSR count). The molecule has 14 heavy (non-hydrogen) atoms. The summed E-state index contributed by atoms with van der Waals surface area (Å²) in [5.74, 6) is -1.82. The molecule has 80 valence electrons. The number of carbonyl (C=O) groups excluding carboxylic acids is 1. The Hall–Kier alpha value is -0.610. The van der Waals surface area contributed by atoms with Gasteiger partial charge in [-0.1, -0.05) is 6.42 Å². The zero-order chi connectivity index (χ0) is 10.2. The third kappa shape index (κ3) is 1.53. The van der Waals surface area contributed by atoms with E-state index in [1.807, 2.05) is 0 Å². The van der Waals surface area contributed by atoms with Gasteiger partial charge in [0.2, 0.25) is 0 Å². The summed E-state index contributed by atoms with van der Waals surface area (Å²) in [6.45, 7) is 0. The summed E-state index contributed by atoms with van der Waals surface area (Å²) in [6.07, 6.45) is 4.50. The van der Waals surface area contributed by atoms with E-state index in [-0.39, 0.29) is 6.10 Å². The predicted octanol–water partition coefficient (Wildman–Crippen LogP) is 0.827. The Balaban J connectivity index is 2.06. The highest BCUT2D eigenvalue weighted by Crippen LogP contribution is 2.40. The van der Waals surface area contributed by atoms with E-state index in [1.54, 1.807) is 0 Å². The minimum Gasteiger partial charge on any atom is -0.465 e. The Bertz CT molecular complexity index is 240. The Labute approximate surface area is 83.2 Å². The molecular formula is C10H16O4. The highest BCUT2D eigenvalue weighted by Gasteiger charge is 2.48. The van der Waals surface area contributed by atoms with Crippen LogP contribution in [-0.4, -0.2) is 30.1 Å². The molecule has 1 heterocycles. The van der Waals surface area contributed by atoms with Gasteiger partial charge >= 0.3 is 5.97 Å². The van der Waals surface area contributed by atoms with Gasteiger partial charge in [-0.15, -0.1) is 0 Å². The van der Waals surface area contributed by atoms with Crippen molar-refractivity contribution in [2.75, 3.05) is 7.11 Å². The van der Waals surface area contributed by atoms with Crippen LogP contribution in [0.5, 0.6) is 0 Å². The number of hydrogen-bond acceptors (Lipinski definition) is 4. The molecule has 0 radical (unpaired) electrons. The molecule has 2 aliphatic rings. The fourth-order valence-electron chi connectivity index (χ4n) is 2.49. The largest absolute Gasteiger partial charge is 0.465 e. The van der Waals surface area contributed by atoms with Crippen molar-refractivity contribution in [3.63, 3.8) is 0 Å². The van der Waals surface area contributed by atoms with Crippen LogP contribution in [-0.2, 0) is 14.3 Å². The SMILES string of the molecule is COC(=O)C1(O)CC[C@@H]2CCC[C@@H]2O1. The summed E-state index contributed by atoms with van der Waals surface area (Å²) in [7, 11) is 1.27. The van der Waals surface area contributed by atoms with Crippen LogP contribution in [0.4, 0.5) is 0 Å². The smallest absolute Gasteiger partial charge is 0.366 e. The van der Waals surface area contributed by atoms with Crippen molar-refractivity contribution in [1.82, 2.24) is 0 Å². The zero-order valence-electron chi connectivity index (χ0n) is 8.36. The first-order valence-corrected chi connectivity index (χ1v) is 5.14. The summed E-state index contributed by atoms with van der Waals surface area (Å²) in [5, 5.41) is 9.89. The fourth-order valence-corrected chi connectivity index (χ4v) is 2.49. The van der Waals surface area contributed by atoms with E-state index < -0.39 is 11.8 Å². The first-order valence-electron chi connectivity index (χ1n) is 5.14. The molecule has 0 aromatic carbocycles. The van der Waals surface area contributed by atoms with Gasteiger partial charge in [0.1, 0.15) is 0 Å². The second-order valence-corrected chi connectivity index (χ2v) is 4.16. The van der Waals surface area contributed by atoms with E-state index in [0.717, 1.165) is 25.7 Å². The average Bonchev–Trinajstić information content (AvgIpc) is 2.63. The van der Waals surface area contributed by atoms with Crippen LogP contribution in [0.15, 0.2) is 0 Å². The monoisotopic (exact) mass is 200 g/mol. The van der Waals surface area contributed by atoms with Crippen molar-refractivity contribution in [2.24, 2.45) is 5.92 Å². The molecule has 3 atom stereocenters. The second kappa shape index (κ2) is 3.51. The maximum Gasteiger partial charge on any atom is 0.366 e. The molecule has 0 bridgehead atoms. The van der Waals surface area contributed by atoms with Crippen LogP contribution in [0.1, 0.15) is 32.1 Å². The Morgan fingerprint density at radius 2 is 2.29 bits per heavy atom. The minimum atomic E-state index is -1.68. The fraction of sp³-hybridized carbons (Fsp3) is 0.900. The van der Waals surface area contributed by atoms with Crippen molar-refractivity contribution >= 4 is 5.97 Å². The van der Waals surface area contributed by atoms with Crippen molar-refractivity contribution in [2.45, 2.75) is 44.0 Å². The molecule has 4 heteroatoms. The third-order valence-electron chi connectivity index (χ3n) is 3.29. The van der Waals surface area contributed by atoms with E-state index in [0.29, 0.717) is 12.3 Å². The molecular weight excluding hydrogens is 184 g/mol. The van der Waals surface area contributed by atoms with Gasteiger partial charge in [0.25, 0.3) is 5.79 Å². The summed E-state index contributed by atoms with van der Waals surface area (Å²) >= 11 is 0. The van der Waals surface area contributed by atoms with Crippen LogP contribution >= 0.6 is 0 Å². The molecule has 1 saturated carbocycles. The number of aliphatic hydroxyl groups is 1. The number of hydrogen-bond donors (Lipinski definition) is 1. The summed E-state index contributed by atoms with van der Waals surface area (Å²) in [6, 6.07) is 0. The maximum absolute atomic E-state index is 11.3. The molecule has 0 spiro atoms. The average molecular weight is 200 g/mol. The lowest BCUT2D eigenvalue weighted by Crippen LogP contribution is -2.49. The summed E-state index contributed by atoms with van der Waals surface area (Å²) < 4.78 is 9.96. The maximum atomic E-state index is 11.3. The number of methoxy groups -OCH3 is 1. The molecule has 1 aliphatic heterocycles. The van der Waals surface area contributed by atoms with E-state index in [2.05, 4.69) is 4.74 Å². The Kier molecular flexibility index (Phi) is 2.49. The van der Waals surface area contributed by atoms with E-state index in [1.165, 1.54) is 7.11 Å². The van der Waals surface area contributed by atoms with Crippen molar-refractivity contribution in [3.05, 3.63) is 0 Å². The molecule has 1 aliphatic carbocycles. The van der Waals surface area contributed by atoms with Crippen LogP contribution < -0.4 is 0 Å². The van der Waals surface area contributed by atoms with Gasteiger partial charge < -0.3 is 14.6 Å². The highest BCUT2D eigenvalue weighted by molar-refractivity contribution is 5.77. The quantitative estimate of drug-likeness (QED) is 0.637. The van der Waals surface area contributed by atoms with Gasteiger partial charge in [-0.25, -0.2) is 4.79 Å². The third-order valence-corrected chi connectivity index (χ3v) is 3.29. The van der Waals surface area contributed by atoms with Crippen LogP contribution in [0.25, 0.3) is 0 Å². The second-order valence-electron chi connectivity index (χ2n) is 4.16. The first kappa shape index (κ1) is 9.93. The molecule has 0 aromatic heterocycles. The Morgan fingerprint density at radius 1 is 1.50 bits per heavy atom. The van der Waals surface area contributed by atoms with Gasteiger partial charge in [0.05, 0.1) is 13.2 Å². The lowest BCUT2D eigenvalue weighted by atomic mass is 9.92. The lowest BCUT2D eigenvalue weighted by Gasteiger charge is -2.36. The van der Waals surface area contributed by atoms with Crippen LogP contribution in [0, 0.1) is 5.92 Å². The normalized spacial score (nSPS) is 41.9. The molecule has 1 unspecified atom stereocenters. The topological polar surface area (TPSA) is 55.8 Å². The van der Waals surface area contributed by atoms with E-state index >= 15 is 0 Å². The van der Waals surface area contributed by atoms with E-state index in [4.69, 9.17) is 4.74 Å². The van der Waals surface area contributed by atoms with E-state index in [9.17, 15) is 9.90 Å². The summed E-state index contributed by atoms with van der Waals surface area (Å²) in [4.78, 5) is 11.3. The molecule has 2 fully saturated rings. The van der Waals surface area contributed by atoms with Crippen LogP contribution in [0.2, 0.25) is 0 Å². The number of carbonyl (C=O) groups is 1. The predicted molar refractivity (Wildman–Crippen MR) is 48.4 cm³/mol. The van der Waals surface area contributed by atoms with Gasteiger partial charge in [0, 0.05) is 6.42 Å². The van der Waals surface area contributed by atoms with Gasteiger partial charge in [-0.2, -0.15) is 0 Å². The van der Waals surface area contributed by atoms with Crippen molar-refractivity contribution in [1.29, 1.82) is 0 Å². The van der Waals surface area contributed by atoms with Crippen LogP contribution in [0.3, 0.4) is 0 Å². The number of ether oxygens (including phenoxy) is 2. The minimum absolute atomic E-state index is 0.0489. The van der Waals surface area contributed by atoms with Gasteiger partial charge in [-0.3, -0.25) is 0 Å². The number of rotatable bonds is 1. The summed E-state index contributed by atoms with van der Waals surface area (Å²) in [5.41, 5.74) is 0. The van der Waals surface area contributed by atoms with Crippen molar-refractivity contribution < 1.29 is 19.4 Å². The van der Waals surface area contributed by atoms with Gasteiger partial charge in [0.15, 0.2) is 0 Å². The molecule has 1 saturated heterocycles. The Morgan fingerprint density at radius 3 is 3.00 bits per heavy atom. The lowest BCUT2D eigenvalue weighted by molar-refractivity contribution is -0.264. The number of fused-ring (bicyclic) bond motifs is 1. The van der Waals surface area contributed by atoms with Crippen molar-refractivity contribution in [3.8, 4) is 0 Å². The standard InChI is InChI=1S/C10H16O4/c1-13-9(11)10(12)6-5-7-3-2-4-8(7)14-10/h7-8,12H,2-6H2,1H3/t7-,8-,10?/m0/s1. The number of esters is 1. The highest BCUT2D eigenvalue weighted by atomic mass is 16.7. The first-order chi connectivity index (χ1) is 6.65. The molecule has 1 N–H and O–H groups in total.